The highest BCUT2D eigenvalue weighted by molar-refractivity contribution is 6.33. The summed E-state index contributed by atoms with van der Waals surface area (Å²) in [5.41, 5.74) is 2.73. The van der Waals surface area contributed by atoms with Gasteiger partial charge in [-0.25, -0.2) is 0 Å². The largest absolute Gasteiger partial charge is 0.365 e. The average Bonchev–Trinajstić information content (AvgIpc) is 2.37. The summed E-state index contributed by atoms with van der Waals surface area (Å²) >= 11 is 5.93. The number of para-hydroxylation sites is 1. The predicted octanol–water partition coefficient (Wildman–Crippen LogP) is 4.19. The van der Waals surface area contributed by atoms with Gasteiger partial charge in [0.15, 0.2) is 0 Å². The molecule has 0 unspecified atom stereocenters. The molecular weight excluding hydrogens is 276 g/mol. The molecule has 4 nitrogen and oxygen atoms in total. The van der Waals surface area contributed by atoms with Crippen LogP contribution in [0.5, 0.6) is 0 Å². The monoisotopic (exact) mass is 290 g/mol. The third kappa shape index (κ3) is 3.08. The summed E-state index contributed by atoms with van der Waals surface area (Å²) in [5.74, 6) is 0. The third-order valence-corrected chi connectivity index (χ3v) is 3.37. The van der Waals surface area contributed by atoms with Crippen molar-refractivity contribution < 1.29 is 4.92 Å². The second kappa shape index (κ2) is 5.92. The normalized spacial score (nSPS) is 10.3. The lowest BCUT2D eigenvalue weighted by atomic mass is 10.1. The molecule has 0 aromatic heterocycles. The lowest BCUT2D eigenvalue weighted by molar-refractivity contribution is -0.384. The molecule has 0 saturated carbocycles. The smallest absolute Gasteiger partial charge is 0.310 e. The molecule has 2 aromatic rings. The summed E-state index contributed by atoms with van der Waals surface area (Å²) in [6.45, 7) is 2.61. The SMILES string of the molecule is Cc1cccc(CN(C)c2cccc(Cl)c2[N+](=O)[O-])c1. The van der Waals surface area contributed by atoms with Crippen molar-refractivity contribution in [2.24, 2.45) is 0 Å². The quantitative estimate of drug-likeness (QED) is 0.626. The molecule has 0 radical (unpaired) electrons. The van der Waals surface area contributed by atoms with Gasteiger partial charge in [0.25, 0.3) is 0 Å². The molecule has 0 atom stereocenters. The zero-order valence-corrected chi connectivity index (χ0v) is 12.1. The maximum absolute atomic E-state index is 11.1. The van der Waals surface area contributed by atoms with Gasteiger partial charge in [0.2, 0.25) is 0 Å². The van der Waals surface area contributed by atoms with Gasteiger partial charge in [0.05, 0.1) is 4.92 Å². The number of hydrogen-bond acceptors (Lipinski definition) is 3. The number of anilines is 1. The molecule has 0 aliphatic heterocycles. The van der Waals surface area contributed by atoms with E-state index in [1.54, 1.807) is 12.1 Å². The Bertz CT molecular complexity index is 644. The van der Waals surface area contributed by atoms with Crippen molar-refractivity contribution in [3.63, 3.8) is 0 Å². The van der Waals surface area contributed by atoms with Gasteiger partial charge >= 0.3 is 5.69 Å². The van der Waals surface area contributed by atoms with E-state index in [0.29, 0.717) is 12.2 Å². The summed E-state index contributed by atoms with van der Waals surface area (Å²) in [5, 5.41) is 11.3. The summed E-state index contributed by atoms with van der Waals surface area (Å²) in [6.07, 6.45) is 0. The highest BCUT2D eigenvalue weighted by Crippen LogP contribution is 2.34. The van der Waals surface area contributed by atoms with E-state index in [4.69, 9.17) is 11.6 Å². The van der Waals surface area contributed by atoms with E-state index >= 15 is 0 Å². The number of nitrogens with zero attached hydrogens (tertiary/aromatic N) is 2. The Hall–Kier alpha value is -2.07. The number of benzene rings is 2. The standard InChI is InChI=1S/C15H15ClN2O2/c1-11-5-3-6-12(9-11)10-17(2)14-8-4-7-13(16)15(14)18(19)20/h3-9H,10H2,1-2H3. The average molecular weight is 291 g/mol. The Morgan fingerprint density at radius 3 is 2.60 bits per heavy atom. The van der Waals surface area contributed by atoms with Crippen molar-refractivity contribution in [1.29, 1.82) is 0 Å². The summed E-state index contributed by atoms with van der Waals surface area (Å²) < 4.78 is 0. The minimum atomic E-state index is -0.440. The number of rotatable bonds is 4. The van der Waals surface area contributed by atoms with Gasteiger partial charge in [-0.1, -0.05) is 47.5 Å². The molecule has 2 rings (SSSR count). The summed E-state index contributed by atoms with van der Waals surface area (Å²) in [4.78, 5) is 12.5. The molecule has 0 saturated heterocycles. The molecule has 0 fully saturated rings. The molecule has 0 bridgehead atoms. The first-order chi connectivity index (χ1) is 9.49. The fourth-order valence-corrected chi connectivity index (χ4v) is 2.40. The summed E-state index contributed by atoms with van der Waals surface area (Å²) in [6, 6.07) is 13.0. The molecule has 0 amide bonds. The Labute approximate surface area is 122 Å². The van der Waals surface area contributed by atoms with E-state index < -0.39 is 4.92 Å². The van der Waals surface area contributed by atoms with Gasteiger partial charge < -0.3 is 4.90 Å². The van der Waals surface area contributed by atoms with E-state index in [9.17, 15) is 10.1 Å². The number of hydrogen-bond donors (Lipinski definition) is 0. The minimum absolute atomic E-state index is 0.0516. The maximum atomic E-state index is 11.1. The van der Waals surface area contributed by atoms with Gasteiger partial charge in [-0.3, -0.25) is 10.1 Å². The topological polar surface area (TPSA) is 46.4 Å². The van der Waals surface area contributed by atoms with E-state index in [-0.39, 0.29) is 10.7 Å². The van der Waals surface area contributed by atoms with Crippen molar-refractivity contribution in [1.82, 2.24) is 0 Å². The van der Waals surface area contributed by atoms with Crippen LogP contribution in [0.2, 0.25) is 5.02 Å². The van der Waals surface area contributed by atoms with Crippen molar-refractivity contribution in [3.8, 4) is 0 Å². The Morgan fingerprint density at radius 1 is 1.25 bits per heavy atom. The van der Waals surface area contributed by atoms with Crippen LogP contribution in [0, 0.1) is 17.0 Å². The van der Waals surface area contributed by atoms with Crippen LogP contribution in [-0.2, 0) is 6.54 Å². The first kappa shape index (κ1) is 14.3. The minimum Gasteiger partial charge on any atom is -0.365 e. The zero-order valence-electron chi connectivity index (χ0n) is 11.3. The molecule has 20 heavy (non-hydrogen) atoms. The number of nitro groups is 1. The molecule has 0 N–H and O–H groups in total. The lowest BCUT2D eigenvalue weighted by Crippen LogP contribution is -2.17. The van der Waals surface area contributed by atoms with E-state index in [1.165, 1.54) is 6.07 Å². The Morgan fingerprint density at radius 2 is 1.95 bits per heavy atom. The van der Waals surface area contributed by atoms with Crippen LogP contribution >= 0.6 is 11.6 Å². The molecule has 0 aliphatic rings. The zero-order chi connectivity index (χ0) is 14.7. The van der Waals surface area contributed by atoms with Gasteiger partial charge in [-0.15, -0.1) is 0 Å². The molecule has 2 aromatic carbocycles. The number of halogens is 1. The summed E-state index contributed by atoms with van der Waals surface area (Å²) in [7, 11) is 1.82. The van der Waals surface area contributed by atoms with Gasteiger partial charge in [0.1, 0.15) is 10.7 Å². The van der Waals surface area contributed by atoms with Gasteiger partial charge in [-0.2, -0.15) is 0 Å². The Kier molecular flexibility index (Phi) is 4.25. The van der Waals surface area contributed by atoms with Crippen LogP contribution in [0.4, 0.5) is 11.4 Å². The maximum Gasteiger partial charge on any atom is 0.310 e. The lowest BCUT2D eigenvalue weighted by Gasteiger charge is -2.19. The van der Waals surface area contributed by atoms with Crippen LogP contribution in [0.1, 0.15) is 11.1 Å². The number of nitro benzene ring substituents is 1. The fraction of sp³-hybridized carbons (Fsp3) is 0.200. The first-order valence-electron chi connectivity index (χ1n) is 6.18. The van der Waals surface area contributed by atoms with Crippen LogP contribution in [-0.4, -0.2) is 12.0 Å². The molecule has 0 aliphatic carbocycles. The highest BCUT2D eigenvalue weighted by atomic mass is 35.5. The van der Waals surface area contributed by atoms with E-state index in [1.807, 2.05) is 37.1 Å². The molecule has 0 spiro atoms. The third-order valence-electron chi connectivity index (χ3n) is 3.06. The van der Waals surface area contributed by atoms with Crippen molar-refractivity contribution in [2.45, 2.75) is 13.5 Å². The Balaban J connectivity index is 2.32. The molecular formula is C15H15ClN2O2. The van der Waals surface area contributed by atoms with Crippen molar-refractivity contribution in [3.05, 3.63) is 68.7 Å². The van der Waals surface area contributed by atoms with Crippen LogP contribution in [0.25, 0.3) is 0 Å². The van der Waals surface area contributed by atoms with Crippen LogP contribution in [0.3, 0.4) is 0 Å². The van der Waals surface area contributed by atoms with Gasteiger partial charge in [-0.05, 0) is 24.6 Å². The number of aryl methyl sites for hydroxylation is 1. The van der Waals surface area contributed by atoms with E-state index in [0.717, 1.165) is 11.1 Å². The fourth-order valence-electron chi connectivity index (χ4n) is 2.16. The van der Waals surface area contributed by atoms with Crippen LogP contribution in [0.15, 0.2) is 42.5 Å². The van der Waals surface area contributed by atoms with Gasteiger partial charge in [0, 0.05) is 13.6 Å². The van der Waals surface area contributed by atoms with Crippen molar-refractivity contribution >= 4 is 23.0 Å². The predicted molar refractivity (Wildman–Crippen MR) is 81.4 cm³/mol. The highest BCUT2D eigenvalue weighted by Gasteiger charge is 2.21. The molecule has 104 valence electrons. The molecule has 0 heterocycles. The second-order valence-electron chi connectivity index (χ2n) is 4.71. The van der Waals surface area contributed by atoms with Crippen LogP contribution < -0.4 is 4.90 Å². The van der Waals surface area contributed by atoms with Crippen molar-refractivity contribution in [2.75, 3.05) is 11.9 Å². The first-order valence-corrected chi connectivity index (χ1v) is 6.56. The second-order valence-corrected chi connectivity index (χ2v) is 5.12. The molecule has 5 heteroatoms. The van der Waals surface area contributed by atoms with E-state index in [2.05, 4.69) is 6.07 Å².